The Morgan fingerprint density at radius 1 is 1.38 bits per heavy atom. The Morgan fingerprint density at radius 3 is 2.71 bits per heavy atom. The molecule has 1 aromatic rings. The minimum absolute atomic E-state index is 0.121. The van der Waals surface area contributed by atoms with E-state index in [-0.39, 0.29) is 11.3 Å². The molecule has 7 heteroatoms. The first-order valence-corrected chi connectivity index (χ1v) is 6.69. The third kappa shape index (κ3) is 3.18. The maximum atomic E-state index is 12.1. The SMILES string of the molecule is Cc1ccc(C(=O)NC2CCCC2C(=O)O)cc1[N+](=O)[O-]. The van der Waals surface area contributed by atoms with Crippen LogP contribution in [0.2, 0.25) is 0 Å². The summed E-state index contributed by atoms with van der Waals surface area (Å²) in [5.41, 5.74) is 0.521. The molecule has 2 N–H and O–H groups in total. The van der Waals surface area contributed by atoms with Gasteiger partial charge in [-0.15, -0.1) is 0 Å². The number of aryl methyl sites for hydroxylation is 1. The van der Waals surface area contributed by atoms with E-state index in [2.05, 4.69) is 5.32 Å². The van der Waals surface area contributed by atoms with Gasteiger partial charge in [0, 0.05) is 23.2 Å². The highest BCUT2D eigenvalue weighted by Crippen LogP contribution is 2.26. The van der Waals surface area contributed by atoms with Crippen molar-refractivity contribution >= 4 is 17.6 Å². The molecule has 0 saturated heterocycles. The average Bonchev–Trinajstić information content (AvgIpc) is 2.87. The number of aliphatic carboxylic acids is 1. The molecule has 1 aliphatic carbocycles. The lowest BCUT2D eigenvalue weighted by atomic mass is 10.0. The number of nitrogens with one attached hydrogen (secondary N) is 1. The molecule has 7 nitrogen and oxygen atoms in total. The van der Waals surface area contributed by atoms with Crippen LogP contribution in [0.3, 0.4) is 0 Å². The fraction of sp³-hybridized carbons (Fsp3) is 0.429. The number of amides is 1. The summed E-state index contributed by atoms with van der Waals surface area (Å²) in [6, 6.07) is 3.81. The molecule has 0 aliphatic heterocycles. The fourth-order valence-electron chi connectivity index (χ4n) is 2.63. The lowest BCUT2D eigenvalue weighted by Crippen LogP contribution is -2.40. The summed E-state index contributed by atoms with van der Waals surface area (Å²) >= 11 is 0. The van der Waals surface area contributed by atoms with Crippen LogP contribution in [0.5, 0.6) is 0 Å². The molecule has 1 fully saturated rings. The van der Waals surface area contributed by atoms with Gasteiger partial charge in [0.05, 0.1) is 10.8 Å². The van der Waals surface area contributed by atoms with E-state index >= 15 is 0 Å². The molecule has 0 bridgehead atoms. The summed E-state index contributed by atoms with van der Waals surface area (Å²) in [5.74, 6) is -1.99. The van der Waals surface area contributed by atoms with Crippen LogP contribution in [-0.4, -0.2) is 27.9 Å². The number of nitro benzene ring substituents is 1. The van der Waals surface area contributed by atoms with Gasteiger partial charge in [-0.3, -0.25) is 19.7 Å². The zero-order chi connectivity index (χ0) is 15.6. The van der Waals surface area contributed by atoms with Gasteiger partial charge in [0.1, 0.15) is 0 Å². The number of carboxylic acids is 1. The highest BCUT2D eigenvalue weighted by atomic mass is 16.6. The first-order valence-electron chi connectivity index (χ1n) is 6.69. The Kier molecular flexibility index (Phi) is 4.21. The summed E-state index contributed by atoms with van der Waals surface area (Å²) in [4.78, 5) is 33.5. The Hall–Kier alpha value is -2.44. The number of carbonyl (C=O) groups excluding carboxylic acids is 1. The van der Waals surface area contributed by atoms with E-state index in [1.165, 1.54) is 18.2 Å². The van der Waals surface area contributed by atoms with E-state index in [0.29, 0.717) is 18.4 Å². The van der Waals surface area contributed by atoms with Gasteiger partial charge in [-0.2, -0.15) is 0 Å². The van der Waals surface area contributed by atoms with Crippen LogP contribution in [-0.2, 0) is 4.79 Å². The van der Waals surface area contributed by atoms with Crippen molar-refractivity contribution in [1.29, 1.82) is 0 Å². The molecule has 0 aromatic heterocycles. The third-order valence-corrected chi connectivity index (χ3v) is 3.82. The Balaban J connectivity index is 2.15. The minimum atomic E-state index is -0.923. The molecule has 1 amide bonds. The Bertz CT molecular complexity index is 599. The van der Waals surface area contributed by atoms with Crippen LogP contribution in [0.25, 0.3) is 0 Å². The first-order chi connectivity index (χ1) is 9.90. The number of hydrogen-bond acceptors (Lipinski definition) is 4. The average molecular weight is 292 g/mol. The molecule has 0 spiro atoms. The summed E-state index contributed by atoms with van der Waals surface area (Å²) in [6.45, 7) is 1.59. The maximum absolute atomic E-state index is 12.1. The summed E-state index contributed by atoms with van der Waals surface area (Å²) < 4.78 is 0. The standard InChI is InChI=1S/C14H16N2O5/c1-8-5-6-9(7-12(8)16(20)21)13(17)15-11-4-2-3-10(11)14(18)19/h5-7,10-11H,2-4H2,1H3,(H,15,17)(H,18,19). The van der Waals surface area contributed by atoms with E-state index in [9.17, 15) is 19.7 Å². The van der Waals surface area contributed by atoms with E-state index < -0.39 is 28.8 Å². The van der Waals surface area contributed by atoms with Crippen LogP contribution >= 0.6 is 0 Å². The molecule has 21 heavy (non-hydrogen) atoms. The van der Waals surface area contributed by atoms with Crippen molar-refractivity contribution in [2.24, 2.45) is 5.92 Å². The summed E-state index contributed by atoms with van der Waals surface area (Å²) in [5, 5.41) is 22.6. The van der Waals surface area contributed by atoms with Gasteiger partial charge in [-0.05, 0) is 25.8 Å². The molecule has 2 unspecified atom stereocenters. The van der Waals surface area contributed by atoms with Crippen molar-refractivity contribution in [1.82, 2.24) is 5.32 Å². The van der Waals surface area contributed by atoms with E-state index in [0.717, 1.165) is 6.42 Å². The van der Waals surface area contributed by atoms with Crippen molar-refractivity contribution in [3.05, 3.63) is 39.4 Å². The molecule has 0 heterocycles. The van der Waals surface area contributed by atoms with Crippen molar-refractivity contribution in [3.8, 4) is 0 Å². The van der Waals surface area contributed by atoms with Gasteiger partial charge in [0.15, 0.2) is 0 Å². The smallest absolute Gasteiger partial charge is 0.308 e. The topological polar surface area (TPSA) is 110 Å². The van der Waals surface area contributed by atoms with Crippen LogP contribution < -0.4 is 5.32 Å². The van der Waals surface area contributed by atoms with Gasteiger partial charge in [0.2, 0.25) is 0 Å². The lowest BCUT2D eigenvalue weighted by Gasteiger charge is -2.17. The molecule has 0 radical (unpaired) electrons. The monoisotopic (exact) mass is 292 g/mol. The Labute approximate surface area is 121 Å². The number of nitro groups is 1. The molecule has 112 valence electrons. The number of carbonyl (C=O) groups is 2. The number of nitrogens with zero attached hydrogens (tertiary/aromatic N) is 1. The van der Waals surface area contributed by atoms with E-state index in [4.69, 9.17) is 5.11 Å². The van der Waals surface area contributed by atoms with E-state index in [1.807, 2.05) is 0 Å². The van der Waals surface area contributed by atoms with Crippen molar-refractivity contribution in [2.45, 2.75) is 32.2 Å². The lowest BCUT2D eigenvalue weighted by molar-refractivity contribution is -0.385. The largest absolute Gasteiger partial charge is 0.481 e. The fourth-order valence-corrected chi connectivity index (χ4v) is 2.63. The highest BCUT2D eigenvalue weighted by molar-refractivity contribution is 5.95. The molecule has 1 aromatic carbocycles. The molecule has 2 atom stereocenters. The van der Waals surface area contributed by atoms with Crippen LogP contribution in [0, 0.1) is 23.0 Å². The van der Waals surface area contributed by atoms with Crippen LogP contribution in [0.15, 0.2) is 18.2 Å². The van der Waals surface area contributed by atoms with Crippen LogP contribution in [0.1, 0.15) is 35.2 Å². The van der Waals surface area contributed by atoms with Crippen LogP contribution in [0.4, 0.5) is 5.69 Å². The second-order valence-electron chi connectivity index (χ2n) is 5.21. The number of carboxylic acid groups (broad SMARTS) is 1. The summed E-state index contributed by atoms with van der Waals surface area (Å²) in [6.07, 6.45) is 1.89. The van der Waals surface area contributed by atoms with Gasteiger partial charge < -0.3 is 10.4 Å². The predicted octanol–water partition coefficient (Wildman–Crippen LogP) is 1.89. The van der Waals surface area contributed by atoms with Gasteiger partial charge >= 0.3 is 5.97 Å². The molecular formula is C14H16N2O5. The minimum Gasteiger partial charge on any atom is -0.481 e. The van der Waals surface area contributed by atoms with Gasteiger partial charge in [-0.25, -0.2) is 0 Å². The number of hydrogen-bond donors (Lipinski definition) is 2. The quantitative estimate of drug-likeness (QED) is 0.650. The molecule has 1 aliphatic rings. The van der Waals surface area contributed by atoms with Crippen molar-refractivity contribution < 1.29 is 19.6 Å². The van der Waals surface area contributed by atoms with E-state index in [1.54, 1.807) is 6.92 Å². The summed E-state index contributed by atoms with van der Waals surface area (Å²) in [7, 11) is 0. The molecule has 2 rings (SSSR count). The zero-order valence-corrected chi connectivity index (χ0v) is 11.5. The number of benzene rings is 1. The third-order valence-electron chi connectivity index (χ3n) is 3.82. The normalized spacial score (nSPS) is 21.0. The second kappa shape index (κ2) is 5.90. The Morgan fingerprint density at radius 2 is 2.10 bits per heavy atom. The highest BCUT2D eigenvalue weighted by Gasteiger charge is 2.34. The molecular weight excluding hydrogens is 276 g/mol. The predicted molar refractivity (Wildman–Crippen MR) is 74.1 cm³/mol. The van der Waals surface area contributed by atoms with Gasteiger partial charge in [0.25, 0.3) is 11.6 Å². The van der Waals surface area contributed by atoms with Crippen molar-refractivity contribution in [3.63, 3.8) is 0 Å². The van der Waals surface area contributed by atoms with Crippen molar-refractivity contribution in [2.75, 3.05) is 0 Å². The van der Waals surface area contributed by atoms with Gasteiger partial charge in [-0.1, -0.05) is 12.5 Å². The number of rotatable bonds is 4. The first kappa shape index (κ1) is 15.0. The molecule has 1 saturated carbocycles. The second-order valence-corrected chi connectivity index (χ2v) is 5.21. The zero-order valence-electron chi connectivity index (χ0n) is 11.5. The maximum Gasteiger partial charge on any atom is 0.308 e.